The lowest BCUT2D eigenvalue weighted by molar-refractivity contribution is 0.282. The van der Waals surface area contributed by atoms with Gasteiger partial charge in [0.15, 0.2) is 0 Å². The Labute approximate surface area is 93.7 Å². The molecule has 0 aliphatic heterocycles. The van der Waals surface area contributed by atoms with E-state index in [4.69, 9.17) is 15.3 Å². The number of rotatable bonds is 3. The van der Waals surface area contributed by atoms with Crippen molar-refractivity contribution in [1.82, 2.24) is 4.98 Å². The molecule has 3 N–H and O–H groups in total. The molecule has 84 valence electrons. The van der Waals surface area contributed by atoms with E-state index in [2.05, 4.69) is 4.98 Å². The van der Waals surface area contributed by atoms with Crippen molar-refractivity contribution in [2.75, 3.05) is 5.73 Å². The van der Waals surface area contributed by atoms with Crippen molar-refractivity contribution in [2.24, 2.45) is 0 Å². The van der Waals surface area contributed by atoms with Gasteiger partial charge in [-0.3, -0.25) is 0 Å². The summed E-state index contributed by atoms with van der Waals surface area (Å²) in [7, 11) is 0. The van der Waals surface area contributed by atoms with Gasteiger partial charge >= 0.3 is 0 Å². The van der Waals surface area contributed by atoms with Crippen LogP contribution in [0.25, 0.3) is 11.3 Å². The molecule has 0 spiro atoms. The molecule has 16 heavy (non-hydrogen) atoms. The summed E-state index contributed by atoms with van der Waals surface area (Å²) in [5, 5.41) is 9.07. The van der Waals surface area contributed by atoms with Gasteiger partial charge in [0.25, 0.3) is 6.01 Å². The van der Waals surface area contributed by atoms with E-state index in [0.29, 0.717) is 0 Å². The summed E-state index contributed by atoms with van der Waals surface area (Å²) in [6.07, 6.45) is 0.739. The van der Waals surface area contributed by atoms with Gasteiger partial charge in [0.1, 0.15) is 11.5 Å². The monoisotopic (exact) mass is 218 g/mol. The predicted molar refractivity (Wildman–Crippen MR) is 61.7 cm³/mol. The summed E-state index contributed by atoms with van der Waals surface area (Å²) in [5.74, 6) is 0.771. The SMILES string of the molecule is CCc1oc(N)nc1-c1cccc(CO)c1. The first-order valence-electron chi connectivity index (χ1n) is 5.20. The van der Waals surface area contributed by atoms with Gasteiger partial charge in [0.2, 0.25) is 0 Å². The standard InChI is InChI=1S/C12H14N2O2/c1-2-10-11(14-12(13)16-10)9-5-3-4-8(6-9)7-15/h3-6,15H,2,7H2,1H3,(H2,13,14). The van der Waals surface area contributed by atoms with Crippen molar-refractivity contribution >= 4 is 6.01 Å². The molecule has 0 atom stereocenters. The quantitative estimate of drug-likeness (QED) is 0.826. The molecule has 1 aromatic carbocycles. The number of benzene rings is 1. The van der Waals surface area contributed by atoms with Crippen LogP contribution in [0.15, 0.2) is 28.7 Å². The zero-order valence-electron chi connectivity index (χ0n) is 9.10. The van der Waals surface area contributed by atoms with Gasteiger partial charge in [0.05, 0.1) is 6.61 Å². The highest BCUT2D eigenvalue weighted by molar-refractivity contribution is 5.63. The van der Waals surface area contributed by atoms with Crippen molar-refractivity contribution < 1.29 is 9.52 Å². The molecular weight excluding hydrogens is 204 g/mol. The van der Waals surface area contributed by atoms with Crippen LogP contribution in [-0.2, 0) is 13.0 Å². The Morgan fingerprint density at radius 3 is 2.94 bits per heavy atom. The molecule has 4 nitrogen and oxygen atoms in total. The topological polar surface area (TPSA) is 72.3 Å². The van der Waals surface area contributed by atoms with Gasteiger partial charge in [-0.1, -0.05) is 25.1 Å². The number of oxazole rings is 1. The highest BCUT2D eigenvalue weighted by atomic mass is 16.4. The molecule has 2 aromatic rings. The third-order valence-corrected chi connectivity index (χ3v) is 2.42. The number of nitrogen functional groups attached to an aromatic ring is 1. The van der Waals surface area contributed by atoms with E-state index in [0.717, 1.165) is 29.0 Å². The average molecular weight is 218 g/mol. The van der Waals surface area contributed by atoms with Crippen LogP contribution in [0.3, 0.4) is 0 Å². The van der Waals surface area contributed by atoms with E-state index in [9.17, 15) is 0 Å². The number of nitrogens with two attached hydrogens (primary N) is 1. The molecule has 0 radical (unpaired) electrons. The summed E-state index contributed by atoms with van der Waals surface area (Å²) >= 11 is 0. The lowest BCUT2D eigenvalue weighted by atomic mass is 10.1. The minimum Gasteiger partial charge on any atom is -0.428 e. The molecule has 1 heterocycles. The number of hydrogen-bond donors (Lipinski definition) is 2. The third-order valence-electron chi connectivity index (χ3n) is 2.42. The average Bonchev–Trinajstić information content (AvgIpc) is 2.70. The molecule has 2 rings (SSSR count). The molecule has 0 aliphatic carbocycles. The Bertz CT molecular complexity index is 492. The Hall–Kier alpha value is -1.81. The largest absolute Gasteiger partial charge is 0.428 e. The molecule has 4 heteroatoms. The van der Waals surface area contributed by atoms with E-state index in [-0.39, 0.29) is 12.6 Å². The van der Waals surface area contributed by atoms with Gasteiger partial charge in [0, 0.05) is 12.0 Å². The van der Waals surface area contributed by atoms with Gasteiger partial charge in [-0.05, 0) is 11.6 Å². The Morgan fingerprint density at radius 2 is 2.25 bits per heavy atom. The molecule has 0 fully saturated rings. The third kappa shape index (κ3) is 1.92. The van der Waals surface area contributed by atoms with Crippen LogP contribution in [-0.4, -0.2) is 10.1 Å². The first-order valence-corrected chi connectivity index (χ1v) is 5.20. The maximum atomic E-state index is 9.07. The normalized spacial score (nSPS) is 10.6. The second kappa shape index (κ2) is 4.37. The molecule has 0 saturated heterocycles. The van der Waals surface area contributed by atoms with E-state index >= 15 is 0 Å². The predicted octanol–water partition coefficient (Wildman–Crippen LogP) is 1.98. The van der Waals surface area contributed by atoms with Crippen molar-refractivity contribution in [3.05, 3.63) is 35.6 Å². The number of aryl methyl sites for hydroxylation is 1. The van der Waals surface area contributed by atoms with Crippen LogP contribution in [0, 0.1) is 0 Å². The van der Waals surface area contributed by atoms with Crippen molar-refractivity contribution in [1.29, 1.82) is 0 Å². The summed E-state index contributed by atoms with van der Waals surface area (Å²) in [6, 6.07) is 7.73. The number of aliphatic hydroxyl groups is 1. The first-order chi connectivity index (χ1) is 7.74. The van der Waals surface area contributed by atoms with Crippen molar-refractivity contribution in [3.63, 3.8) is 0 Å². The van der Waals surface area contributed by atoms with Crippen LogP contribution in [0.1, 0.15) is 18.2 Å². The van der Waals surface area contributed by atoms with Gasteiger partial charge in [-0.25, -0.2) is 0 Å². The van der Waals surface area contributed by atoms with Crippen LogP contribution < -0.4 is 5.73 Å². The van der Waals surface area contributed by atoms with E-state index < -0.39 is 0 Å². The maximum absolute atomic E-state index is 9.07. The number of hydrogen-bond acceptors (Lipinski definition) is 4. The lowest BCUT2D eigenvalue weighted by Crippen LogP contribution is -1.88. The lowest BCUT2D eigenvalue weighted by Gasteiger charge is -2.01. The fourth-order valence-corrected chi connectivity index (χ4v) is 1.65. The summed E-state index contributed by atoms with van der Waals surface area (Å²) in [4.78, 5) is 4.16. The number of nitrogens with zero attached hydrogens (tertiary/aromatic N) is 1. The Kier molecular flexibility index (Phi) is 2.92. The van der Waals surface area contributed by atoms with Gasteiger partial charge in [-0.15, -0.1) is 0 Å². The first kappa shape index (κ1) is 10.7. The Balaban J connectivity index is 2.48. The summed E-state index contributed by atoms with van der Waals surface area (Å²) in [6.45, 7) is 2.00. The van der Waals surface area contributed by atoms with E-state index in [1.807, 2.05) is 31.2 Å². The molecule has 1 aromatic heterocycles. The van der Waals surface area contributed by atoms with Crippen molar-refractivity contribution in [3.8, 4) is 11.3 Å². The molecular formula is C12H14N2O2. The molecule has 0 aliphatic rings. The second-order valence-electron chi connectivity index (χ2n) is 3.54. The Morgan fingerprint density at radius 1 is 1.44 bits per heavy atom. The van der Waals surface area contributed by atoms with Crippen LogP contribution in [0.2, 0.25) is 0 Å². The minimum atomic E-state index is 0.0165. The smallest absolute Gasteiger partial charge is 0.292 e. The van der Waals surface area contributed by atoms with Crippen LogP contribution in [0.5, 0.6) is 0 Å². The number of aliphatic hydroxyl groups excluding tert-OH is 1. The molecule has 0 amide bonds. The maximum Gasteiger partial charge on any atom is 0.292 e. The molecule has 0 bridgehead atoms. The molecule has 0 saturated carbocycles. The number of anilines is 1. The fraction of sp³-hybridized carbons (Fsp3) is 0.250. The fourth-order valence-electron chi connectivity index (χ4n) is 1.65. The van der Waals surface area contributed by atoms with E-state index in [1.54, 1.807) is 0 Å². The highest BCUT2D eigenvalue weighted by Gasteiger charge is 2.11. The number of aromatic nitrogens is 1. The molecule has 0 unspecified atom stereocenters. The second-order valence-corrected chi connectivity index (χ2v) is 3.54. The van der Waals surface area contributed by atoms with Crippen molar-refractivity contribution in [2.45, 2.75) is 20.0 Å². The van der Waals surface area contributed by atoms with Crippen LogP contribution in [0.4, 0.5) is 6.01 Å². The van der Waals surface area contributed by atoms with Crippen LogP contribution >= 0.6 is 0 Å². The van der Waals surface area contributed by atoms with E-state index in [1.165, 1.54) is 0 Å². The minimum absolute atomic E-state index is 0.0165. The summed E-state index contributed by atoms with van der Waals surface area (Å²) < 4.78 is 5.30. The van der Waals surface area contributed by atoms with Gasteiger partial charge in [-0.2, -0.15) is 4.98 Å². The zero-order valence-corrected chi connectivity index (χ0v) is 9.10. The zero-order chi connectivity index (χ0) is 11.5. The summed E-state index contributed by atoms with van der Waals surface area (Å²) in [5.41, 5.74) is 8.06. The highest BCUT2D eigenvalue weighted by Crippen LogP contribution is 2.26. The van der Waals surface area contributed by atoms with Gasteiger partial charge < -0.3 is 15.3 Å².